The van der Waals surface area contributed by atoms with E-state index in [-0.39, 0.29) is 18.6 Å². The summed E-state index contributed by atoms with van der Waals surface area (Å²) >= 11 is 9.21. The van der Waals surface area contributed by atoms with E-state index in [0.717, 1.165) is 10.0 Å². The van der Waals surface area contributed by atoms with Crippen molar-refractivity contribution in [1.82, 2.24) is 5.32 Å². The van der Waals surface area contributed by atoms with Crippen molar-refractivity contribution < 1.29 is 9.53 Å². The van der Waals surface area contributed by atoms with Gasteiger partial charge >= 0.3 is 0 Å². The van der Waals surface area contributed by atoms with Crippen LogP contribution in [0.3, 0.4) is 0 Å². The number of halogens is 2. The van der Waals surface area contributed by atoms with Crippen molar-refractivity contribution in [1.29, 1.82) is 0 Å². The molecule has 0 unspecified atom stereocenters. The molecule has 0 aromatic heterocycles. The molecule has 0 saturated carbocycles. The molecule has 3 nitrogen and oxygen atoms in total. The number of aryl methyl sites for hydroxylation is 1. The molecule has 0 aliphatic heterocycles. The van der Waals surface area contributed by atoms with Crippen LogP contribution in [-0.2, 0) is 4.79 Å². The summed E-state index contributed by atoms with van der Waals surface area (Å²) in [6.45, 7) is 3.93. The minimum atomic E-state index is -0.171. The maximum absolute atomic E-state index is 12.0. The summed E-state index contributed by atoms with van der Waals surface area (Å²) in [5.41, 5.74) is 2.25. The minimum absolute atomic E-state index is 0.0452. The fourth-order valence-corrected chi connectivity index (χ4v) is 2.75. The second-order valence-electron chi connectivity index (χ2n) is 5.06. The summed E-state index contributed by atoms with van der Waals surface area (Å²) < 4.78 is 6.21. The van der Waals surface area contributed by atoms with Crippen molar-refractivity contribution in [2.45, 2.75) is 19.9 Å². The zero-order valence-electron chi connectivity index (χ0n) is 12.4. The lowest BCUT2D eigenvalue weighted by Gasteiger charge is -2.15. The van der Waals surface area contributed by atoms with Gasteiger partial charge in [0.05, 0.1) is 10.5 Å². The van der Waals surface area contributed by atoms with Crippen LogP contribution in [0.5, 0.6) is 5.75 Å². The number of hydrogen-bond acceptors (Lipinski definition) is 2. The van der Waals surface area contributed by atoms with Crippen LogP contribution >= 0.6 is 27.5 Å². The summed E-state index contributed by atoms with van der Waals surface area (Å²) in [6.07, 6.45) is 0. The Morgan fingerprint density at radius 1 is 1.27 bits per heavy atom. The van der Waals surface area contributed by atoms with Crippen LogP contribution in [0, 0.1) is 6.92 Å². The Morgan fingerprint density at radius 3 is 2.59 bits per heavy atom. The molecule has 1 N–H and O–H groups in total. The van der Waals surface area contributed by atoms with Gasteiger partial charge in [0.15, 0.2) is 6.61 Å². The Morgan fingerprint density at radius 2 is 1.95 bits per heavy atom. The van der Waals surface area contributed by atoms with E-state index in [1.54, 1.807) is 18.2 Å². The van der Waals surface area contributed by atoms with Gasteiger partial charge in [-0.3, -0.25) is 4.79 Å². The van der Waals surface area contributed by atoms with Crippen molar-refractivity contribution in [3.05, 3.63) is 63.1 Å². The Balaban J connectivity index is 1.88. The lowest BCUT2D eigenvalue weighted by atomic mass is 10.1. The molecule has 2 rings (SSSR count). The van der Waals surface area contributed by atoms with E-state index in [4.69, 9.17) is 16.3 Å². The van der Waals surface area contributed by atoms with E-state index in [9.17, 15) is 4.79 Å². The number of benzene rings is 2. The first kappa shape index (κ1) is 16.8. The molecule has 0 radical (unpaired) electrons. The first-order chi connectivity index (χ1) is 10.5. The Hall–Kier alpha value is -1.52. The first-order valence-electron chi connectivity index (χ1n) is 6.89. The molecular weight excluding hydrogens is 366 g/mol. The van der Waals surface area contributed by atoms with Crippen molar-refractivity contribution in [3.63, 3.8) is 0 Å². The maximum Gasteiger partial charge on any atom is 0.258 e. The van der Waals surface area contributed by atoms with Crippen molar-refractivity contribution in [3.8, 4) is 5.75 Å². The summed E-state index contributed by atoms with van der Waals surface area (Å²) in [6, 6.07) is 13.2. The molecule has 0 fully saturated rings. The second kappa shape index (κ2) is 7.65. The molecule has 0 bridgehead atoms. The van der Waals surface area contributed by atoms with E-state index in [1.807, 2.05) is 38.1 Å². The average molecular weight is 383 g/mol. The summed E-state index contributed by atoms with van der Waals surface area (Å²) in [5.74, 6) is 0.414. The smallest absolute Gasteiger partial charge is 0.258 e. The van der Waals surface area contributed by atoms with Gasteiger partial charge in [-0.15, -0.1) is 0 Å². The lowest BCUT2D eigenvalue weighted by molar-refractivity contribution is -0.123. The second-order valence-corrected chi connectivity index (χ2v) is 6.35. The fraction of sp³-hybridized carbons (Fsp3) is 0.235. The first-order valence-corrected chi connectivity index (χ1v) is 8.06. The highest BCUT2D eigenvalue weighted by molar-refractivity contribution is 9.10. The van der Waals surface area contributed by atoms with Gasteiger partial charge in [-0.25, -0.2) is 0 Å². The van der Waals surface area contributed by atoms with Crippen molar-refractivity contribution >= 4 is 33.4 Å². The quantitative estimate of drug-likeness (QED) is 0.816. The Bertz CT molecular complexity index is 658. The standard InChI is InChI=1S/C17H17BrClNO2/c1-11-3-5-13(6-4-11)12(2)20-17(21)10-22-16-8-7-14(19)9-15(16)18/h3-9,12H,10H2,1-2H3,(H,20,21)/t12-/m1/s1. The van der Waals surface area contributed by atoms with Crippen LogP contribution in [0.1, 0.15) is 24.1 Å². The summed E-state index contributed by atoms with van der Waals surface area (Å²) in [4.78, 5) is 12.0. The topological polar surface area (TPSA) is 38.3 Å². The highest BCUT2D eigenvalue weighted by atomic mass is 79.9. The molecule has 116 valence electrons. The van der Waals surface area contributed by atoms with Crippen LogP contribution in [0.25, 0.3) is 0 Å². The molecule has 2 aromatic rings. The summed E-state index contributed by atoms with van der Waals surface area (Å²) in [7, 11) is 0. The van der Waals surface area contributed by atoms with Gasteiger partial charge in [-0.1, -0.05) is 41.4 Å². The Labute approximate surface area is 143 Å². The lowest BCUT2D eigenvalue weighted by Crippen LogP contribution is -2.31. The third-order valence-corrected chi connectivity index (χ3v) is 4.06. The van der Waals surface area contributed by atoms with Gasteiger partial charge in [0.1, 0.15) is 5.75 Å². The number of carbonyl (C=O) groups is 1. The molecule has 22 heavy (non-hydrogen) atoms. The molecule has 1 amide bonds. The van der Waals surface area contributed by atoms with Gasteiger partial charge in [0.25, 0.3) is 5.91 Å². The molecule has 1 atom stereocenters. The Kier molecular flexibility index (Phi) is 5.86. The molecular formula is C17H17BrClNO2. The van der Waals surface area contributed by atoms with Crippen LogP contribution in [0.15, 0.2) is 46.9 Å². The maximum atomic E-state index is 12.0. The molecule has 0 spiro atoms. The van der Waals surface area contributed by atoms with Gasteiger partial charge < -0.3 is 10.1 Å². The number of rotatable bonds is 5. The largest absolute Gasteiger partial charge is 0.483 e. The van der Waals surface area contributed by atoms with Gasteiger partial charge in [-0.2, -0.15) is 0 Å². The predicted octanol–water partition coefficient (Wildman–Crippen LogP) is 4.67. The van der Waals surface area contributed by atoms with E-state index >= 15 is 0 Å². The summed E-state index contributed by atoms with van der Waals surface area (Å²) in [5, 5.41) is 3.52. The van der Waals surface area contributed by atoms with Gasteiger partial charge in [0, 0.05) is 5.02 Å². The number of amides is 1. The number of hydrogen-bond donors (Lipinski definition) is 1. The van der Waals surface area contributed by atoms with Crippen LogP contribution in [0.4, 0.5) is 0 Å². The fourth-order valence-electron chi connectivity index (χ4n) is 1.96. The normalized spacial score (nSPS) is 11.8. The third kappa shape index (κ3) is 4.75. The molecule has 5 heteroatoms. The number of nitrogens with one attached hydrogen (secondary N) is 1. The SMILES string of the molecule is Cc1ccc([C@@H](C)NC(=O)COc2ccc(Cl)cc2Br)cc1. The van der Waals surface area contributed by atoms with Gasteiger partial charge in [0.2, 0.25) is 0 Å². The average Bonchev–Trinajstić information content (AvgIpc) is 2.47. The molecule has 0 aliphatic rings. The molecule has 0 heterocycles. The molecule has 0 aliphatic carbocycles. The highest BCUT2D eigenvalue weighted by Crippen LogP contribution is 2.27. The highest BCUT2D eigenvalue weighted by Gasteiger charge is 2.11. The van der Waals surface area contributed by atoms with Crippen LogP contribution in [0.2, 0.25) is 5.02 Å². The molecule has 2 aromatic carbocycles. The van der Waals surface area contributed by atoms with Crippen molar-refractivity contribution in [2.24, 2.45) is 0 Å². The zero-order chi connectivity index (χ0) is 16.1. The number of carbonyl (C=O) groups excluding carboxylic acids is 1. The van der Waals surface area contributed by atoms with E-state index in [0.29, 0.717) is 10.8 Å². The monoisotopic (exact) mass is 381 g/mol. The van der Waals surface area contributed by atoms with Crippen molar-refractivity contribution in [2.75, 3.05) is 6.61 Å². The van der Waals surface area contributed by atoms with Crippen LogP contribution in [-0.4, -0.2) is 12.5 Å². The third-order valence-electron chi connectivity index (χ3n) is 3.21. The van der Waals surface area contributed by atoms with Crippen LogP contribution < -0.4 is 10.1 Å². The van der Waals surface area contributed by atoms with E-state index < -0.39 is 0 Å². The van der Waals surface area contributed by atoms with Gasteiger partial charge in [-0.05, 0) is 53.5 Å². The number of ether oxygens (including phenoxy) is 1. The van der Waals surface area contributed by atoms with E-state index in [2.05, 4.69) is 21.2 Å². The zero-order valence-corrected chi connectivity index (χ0v) is 14.7. The molecule has 0 saturated heterocycles. The van der Waals surface area contributed by atoms with E-state index in [1.165, 1.54) is 5.56 Å². The predicted molar refractivity (Wildman–Crippen MR) is 92.4 cm³/mol. The minimum Gasteiger partial charge on any atom is -0.483 e.